The van der Waals surface area contributed by atoms with E-state index in [1.54, 1.807) is 6.07 Å². The molecule has 0 radical (unpaired) electrons. The van der Waals surface area contributed by atoms with Gasteiger partial charge in [-0.2, -0.15) is 0 Å². The van der Waals surface area contributed by atoms with Crippen LogP contribution >= 0.6 is 0 Å². The number of nitrogens with two attached hydrogens (primary N) is 1. The van der Waals surface area contributed by atoms with E-state index in [-0.39, 0.29) is 24.5 Å². The molecule has 0 saturated heterocycles. The second kappa shape index (κ2) is 9.25. The molecule has 0 heterocycles. The van der Waals surface area contributed by atoms with Gasteiger partial charge in [-0.3, -0.25) is 19.2 Å². The molecule has 3 atom stereocenters. The Morgan fingerprint density at radius 3 is 2.63 bits per heavy atom. The largest absolute Gasteiger partial charge is 0.368 e. The molecule has 8 heteroatoms. The molecule has 2 rings (SSSR count). The maximum atomic E-state index is 13.4. The van der Waals surface area contributed by atoms with Gasteiger partial charge in [0.25, 0.3) is 0 Å². The Bertz CT molecular complexity index is 737. The number of amides is 3. The second-order valence-corrected chi connectivity index (χ2v) is 6.87. The summed E-state index contributed by atoms with van der Waals surface area (Å²) in [6.07, 6.45) is 1.95. The molecule has 3 amide bonds. The molecule has 1 saturated carbocycles. The highest BCUT2D eigenvalue weighted by Gasteiger charge is 2.33. The summed E-state index contributed by atoms with van der Waals surface area (Å²) in [5.41, 5.74) is 5.95. The van der Waals surface area contributed by atoms with Gasteiger partial charge in [-0.25, -0.2) is 4.39 Å². The molecule has 1 aromatic carbocycles. The number of primary amides is 1. The Morgan fingerprint density at radius 2 is 2.04 bits per heavy atom. The van der Waals surface area contributed by atoms with Gasteiger partial charge in [0.1, 0.15) is 23.7 Å². The molecule has 1 fully saturated rings. The average molecular weight is 377 g/mol. The summed E-state index contributed by atoms with van der Waals surface area (Å²) in [6.45, 7) is 1.26. The molecule has 27 heavy (non-hydrogen) atoms. The van der Waals surface area contributed by atoms with Gasteiger partial charge in [-0.1, -0.05) is 12.1 Å². The predicted octanol–water partition coefficient (Wildman–Crippen LogP) is 0.602. The second-order valence-electron chi connectivity index (χ2n) is 6.87. The van der Waals surface area contributed by atoms with Gasteiger partial charge in [0, 0.05) is 26.2 Å². The van der Waals surface area contributed by atoms with E-state index in [0.29, 0.717) is 24.8 Å². The van der Waals surface area contributed by atoms with Crippen LogP contribution in [-0.4, -0.2) is 35.6 Å². The van der Waals surface area contributed by atoms with Crippen molar-refractivity contribution in [3.05, 3.63) is 35.6 Å². The number of carbonyl (C=O) groups excluding carboxylic acids is 4. The fourth-order valence-electron chi connectivity index (χ4n) is 3.37. The van der Waals surface area contributed by atoms with E-state index in [1.165, 1.54) is 25.1 Å². The van der Waals surface area contributed by atoms with Crippen LogP contribution in [0.3, 0.4) is 0 Å². The summed E-state index contributed by atoms with van der Waals surface area (Å²) in [5.74, 6) is -2.54. The molecule has 146 valence electrons. The third kappa shape index (κ3) is 6.16. The number of rotatable bonds is 7. The number of halogens is 1. The molecule has 0 aliphatic heterocycles. The first-order valence-corrected chi connectivity index (χ1v) is 8.89. The maximum absolute atomic E-state index is 13.4. The highest BCUT2D eigenvalue weighted by atomic mass is 19.1. The minimum atomic E-state index is -0.995. The van der Waals surface area contributed by atoms with Crippen LogP contribution < -0.4 is 16.4 Å². The first kappa shape index (κ1) is 20.5. The van der Waals surface area contributed by atoms with Gasteiger partial charge >= 0.3 is 0 Å². The standard InChI is InChI=1S/C19H24FN3O4/c1-11(24)22-16(9-12-4-2-6-14(20)8-12)19(27)23-17(18(21)26)13-5-3-7-15(25)10-13/h2,4,6,8,13,16-17H,3,5,7,9-10H2,1H3,(H2,21,26)(H,22,24)(H,23,27)/t13-,16+,17+/m0/s1. The summed E-state index contributed by atoms with van der Waals surface area (Å²) in [7, 11) is 0. The number of nitrogens with one attached hydrogen (secondary N) is 2. The van der Waals surface area contributed by atoms with Crippen LogP contribution in [0.1, 0.15) is 38.2 Å². The quantitative estimate of drug-likeness (QED) is 0.645. The van der Waals surface area contributed by atoms with Crippen LogP contribution in [0.2, 0.25) is 0 Å². The van der Waals surface area contributed by atoms with E-state index < -0.39 is 35.6 Å². The Labute approximate surface area is 156 Å². The fourth-order valence-corrected chi connectivity index (χ4v) is 3.37. The number of hydrogen-bond acceptors (Lipinski definition) is 4. The van der Waals surface area contributed by atoms with Crippen molar-refractivity contribution in [2.75, 3.05) is 0 Å². The lowest BCUT2D eigenvalue weighted by molar-refractivity contribution is -0.132. The van der Waals surface area contributed by atoms with Crippen molar-refractivity contribution in [1.29, 1.82) is 0 Å². The number of carbonyl (C=O) groups is 4. The summed E-state index contributed by atoms with van der Waals surface area (Å²) < 4.78 is 13.4. The van der Waals surface area contributed by atoms with E-state index in [4.69, 9.17) is 5.73 Å². The fraction of sp³-hybridized carbons (Fsp3) is 0.474. The summed E-state index contributed by atoms with van der Waals surface area (Å²) in [4.78, 5) is 47.7. The molecule has 0 aromatic heterocycles. The SMILES string of the molecule is CC(=O)N[C@H](Cc1cccc(F)c1)C(=O)N[C@@H](C(N)=O)[C@H]1CCCC(=O)C1. The van der Waals surface area contributed by atoms with Crippen LogP contribution in [0, 0.1) is 11.7 Å². The molecule has 0 bridgehead atoms. The van der Waals surface area contributed by atoms with Crippen molar-refractivity contribution in [2.24, 2.45) is 11.7 Å². The molecule has 1 aliphatic rings. The molecular weight excluding hydrogens is 353 g/mol. The summed E-state index contributed by atoms with van der Waals surface area (Å²) in [6, 6.07) is 3.70. The van der Waals surface area contributed by atoms with Crippen LogP contribution in [-0.2, 0) is 25.6 Å². The normalized spacial score (nSPS) is 19.0. The minimum Gasteiger partial charge on any atom is -0.368 e. The average Bonchev–Trinajstić information content (AvgIpc) is 2.58. The molecule has 4 N–H and O–H groups in total. The van der Waals surface area contributed by atoms with Crippen LogP contribution in [0.5, 0.6) is 0 Å². The minimum absolute atomic E-state index is 0.0323. The van der Waals surface area contributed by atoms with Crippen molar-refractivity contribution in [2.45, 2.75) is 51.1 Å². The topological polar surface area (TPSA) is 118 Å². The highest BCUT2D eigenvalue weighted by molar-refractivity contribution is 5.92. The predicted molar refractivity (Wildman–Crippen MR) is 95.8 cm³/mol. The van der Waals surface area contributed by atoms with Crippen molar-refractivity contribution in [3.63, 3.8) is 0 Å². The van der Waals surface area contributed by atoms with Crippen LogP contribution in [0.15, 0.2) is 24.3 Å². The smallest absolute Gasteiger partial charge is 0.243 e. The van der Waals surface area contributed by atoms with Crippen molar-refractivity contribution in [1.82, 2.24) is 10.6 Å². The van der Waals surface area contributed by atoms with Gasteiger partial charge in [0.05, 0.1) is 0 Å². The van der Waals surface area contributed by atoms with E-state index in [0.717, 1.165) is 0 Å². The van der Waals surface area contributed by atoms with E-state index in [1.807, 2.05) is 0 Å². The monoisotopic (exact) mass is 377 g/mol. The molecule has 7 nitrogen and oxygen atoms in total. The number of ketones is 1. The van der Waals surface area contributed by atoms with Crippen LogP contribution in [0.4, 0.5) is 4.39 Å². The van der Waals surface area contributed by atoms with Crippen molar-refractivity contribution in [3.8, 4) is 0 Å². The zero-order chi connectivity index (χ0) is 20.0. The van der Waals surface area contributed by atoms with E-state index in [2.05, 4.69) is 10.6 Å². The molecule has 1 aromatic rings. The number of Topliss-reactive ketones (excluding diaryl/α,β-unsaturated/α-hetero) is 1. The van der Waals surface area contributed by atoms with Crippen molar-refractivity contribution >= 4 is 23.5 Å². The van der Waals surface area contributed by atoms with Gasteiger partial charge in [0.2, 0.25) is 17.7 Å². The first-order valence-electron chi connectivity index (χ1n) is 8.89. The number of benzene rings is 1. The highest BCUT2D eigenvalue weighted by Crippen LogP contribution is 2.24. The zero-order valence-electron chi connectivity index (χ0n) is 15.2. The lowest BCUT2D eigenvalue weighted by atomic mass is 9.82. The van der Waals surface area contributed by atoms with E-state index >= 15 is 0 Å². The van der Waals surface area contributed by atoms with Gasteiger partial charge < -0.3 is 16.4 Å². The van der Waals surface area contributed by atoms with E-state index in [9.17, 15) is 23.6 Å². The van der Waals surface area contributed by atoms with Gasteiger partial charge in [-0.15, -0.1) is 0 Å². The maximum Gasteiger partial charge on any atom is 0.243 e. The lowest BCUT2D eigenvalue weighted by Gasteiger charge is -2.29. The Kier molecular flexibility index (Phi) is 7.04. The number of hydrogen-bond donors (Lipinski definition) is 3. The van der Waals surface area contributed by atoms with Gasteiger partial charge in [-0.05, 0) is 36.5 Å². The van der Waals surface area contributed by atoms with Crippen LogP contribution in [0.25, 0.3) is 0 Å². The summed E-state index contributed by atoms with van der Waals surface area (Å²) >= 11 is 0. The Hall–Kier alpha value is -2.77. The molecule has 1 aliphatic carbocycles. The van der Waals surface area contributed by atoms with Gasteiger partial charge in [0.15, 0.2) is 0 Å². The Morgan fingerprint density at radius 1 is 1.30 bits per heavy atom. The first-order chi connectivity index (χ1) is 12.8. The molecule has 0 unspecified atom stereocenters. The van der Waals surface area contributed by atoms with Crippen molar-refractivity contribution < 1.29 is 23.6 Å². The molecular formula is C19H24FN3O4. The third-order valence-corrected chi connectivity index (χ3v) is 4.62. The Balaban J connectivity index is 2.13. The third-order valence-electron chi connectivity index (χ3n) is 4.62. The molecule has 0 spiro atoms. The summed E-state index contributed by atoms with van der Waals surface area (Å²) in [5, 5.41) is 5.08. The zero-order valence-corrected chi connectivity index (χ0v) is 15.2. The lowest BCUT2D eigenvalue weighted by Crippen LogP contribution is -2.56.